The minimum absolute atomic E-state index is 0.0142. The molecule has 3 aromatic rings. The molecule has 0 atom stereocenters. The molecule has 156 valence electrons. The van der Waals surface area contributed by atoms with Crippen molar-refractivity contribution >= 4 is 5.91 Å². The van der Waals surface area contributed by atoms with Gasteiger partial charge in [-0.15, -0.1) is 0 Å². The fourth-order valence-electron chi connectivity index (χ4n) is 3.55. The molecule has 1 amide bonds. The van der Waals surface area contributed by atoms with Crippen molar-refractivity contribution < 1.29 is 19.0 Å². The van der Waals surface area contributed by atoms with Crippen LogP contribution in [0.2, 0.25) is 0 Å². The summed E-state index contributed by atoms with van der Waals surface area (Å²) in [4.78, 5) is 12.8. The molecule has 0 heterocycles. The lowest BCUT2D eigenvalue weighted by Crippen LogP contribution is -2.25. The molecule has 0 unspecified atom stereocenters. The molecular formula is C25H27NO4. The van der Waals surface area contributed by atoms with E-state index in [-0.39, 0.29) is 11.8 Å². The molecule has 0 aliphatic rings. The Morgan fingerprint density at radius 2 is 1.33 bits per heavy atom. The summed E-state index contributed by atoms with van der Waals surface area (Å²) in [5, 5.41) is 3.02. The van der Waals surface area contributed by atoms with Gasteiger partial charge in [0, 0.05) is 24.4 Å². The minimum Gasteiger partial charge on any atom is -0.493 e. The summed E-state index contributed by atoms with van der Waals surface area (Å²) < 4.78 is 16.2. The number of carbonyl (C=O) groups excluding carboxylic acids is 1. The molecule has 0 radical (unpaired) electrons. The summed E-state index contributed by atoms with van der Waals surface area (Å²) in [5.74, 6) is 1.60. The molecule has 0 saturated carbocycles. The first-order chi connectivity index (χ1) is 14.7. The average molecular weight is 405 g/mol. The van der Waals surface area contributed by atoms with Gasteiger partial charge in [-0.25, -0.2) is 0 Å². The lowest BCUT2D eigenvalue weighted by molar-refractivity contribution is -0.121. The van der Waals surface area contributed by atoms with Crippen LogP contribution in [0, 0.1) is 0 Å². The van der Waals surface area contributed by atoms with Crippen LogP contribution in [0.4, 0.5) is 0 Å². The Bertz CT molecular complexity index is 918. The Kier molecular flexibility index (Phi) is 7.33. The summed E-state index contributed by atoms with van der Waals surface area (Å²) in [6.45, 7) is 0.332. The van der Waals surface area contributed by atoms with Crippen LogP contribution in [0.15, 0.2) is 72.8 Å². The molecule has 0 aromatic heterocycles. The third-order valence-electron chi connectivity index (χ3n) is 5.06. The maximum absolute atomic E-state index is 12.8. The van der Waals surface area contributed by atoms with Gasteiger partial charge in [0.1, 0.15) is 0 Å². The van der Waals surface area contributed by atoms with Crippen LogP contribution in [0.5, 0.6) is 17.2 Å². The van der Waals surface area contributed by atoms with Gasteiger partial charge in [0.05, 0.1) is 21.3 Å². The summed E-state index contributed by atoms with van der Waals surface area (Å²) in [6.07, 6.45) is 0.351. The van der Waals surface area contributed by atoms with Gasteiger partial charge in [-0.3, -0.25) is 4.79 Å². The highest BCUT2D eigenvalue weighted by molar-refractivity contribution is 5.77. The van der Waals surface area contributed by atoms with E-state index in [1.807, 2.05) is 42.5 Å². The van der Waals surface area contributed by atoms with E-state index in [2.05, 4.69) is 29.6 Å². The summed E-state index contributed by atoms with van der Waals surface area (Å²) in [6, 6.07) is 23.9. The summed E-state index contributed by atoms with van der Waals surface area (Å²) in [7, 11) is 4.71. The lowest BCUT2D eigenvalue weighted by atomic mass is 9.88. The van der Waals surface area contributed by atoms with Crippen molar-refractivity contribution in [2.75, 3.05) is 21.3 Å². The Morgan fingerprint density at radius 1 is 0.767 bits per heavy atom. The van der Waals surface area contributed by atoms with E-state index in [0.29, 0.717) is 30.2 Å². The van der Waals surface area contributed by atoms with Crippen molar-refractivity contribution in [3.63, 3.8) is 0 Å². The number of ether oxygens (including phenoxy) is 3. The number of nitrogens with one attached hydrogen (secondary N) is 1. The zero-order valence-corrected chi connectivity index (χ0v) is 17.6. The second-order valence-corrected chi connectivity index (χ2v) is 6.85. The molecule has 0 aliphatic heterocycles. The normalized spacial score (nSPS) is 10.5. The Labute approximate surface area is 177 Å². The van der Waals surface area contributed by atoms with Gasteiger partial charge >= 0.3 is 0 Å². The molecule has 1 N–H and O–H groups in total. The topological polar surface area (TPSA) is 56.8 Å². The second-order valence-electron chi connectivity index (χ2n) is 6.85. The molecule has 0 aliphatic carbocycles. The highest BCUT2D eigenvalue weighted by atomic mass is 16.5. The predicted molar refractivity (Wildman–Crippen MR) is 117 cm³/mol. The Morgan fingerprint density at radius 3 is 1.83 bits per heavy atom. The van der Waals surface area contributed by atoms with Crippen LogP contribution in [-0.2, 0) is 11.3 Å². The van der Waals surface area contributed by atoms with Crippen molar-refractivity contribution in [3.8, 4) is 17.2 Å². The molecule has 3 aromatic carbocycles. The fraction of sp³-hybridized carbons (Fsp3) is 0.240. The molecule has 5 heteroatoms. The average Bonchev–Trinajstić information content (AvgIpc) is 2.81. The van der Waals surface area contributed by atoms with Crippen LogP contribution in [0.1, 0.15) is 29.0 Å². The van der Waals surface area contributed by atoms with Gasteiger partial charge in [0.15, 0.2) is 11.5 Å². The van der Waals surface area contributed by atoms with Crippen LogP contribution in [0.3, 0.4) is 0 Å². The van der Waals surface area contributed by atoms with E-state index < -0.39 is 0 Å². The number of rotatable bonds is 9. The number of methoxy groups -OCH3 is 3. The largest absolute Gasteiger partial charge is 0.493 e. The van der Waals surface area contributed by atoms with E-state index >= 15 is 0 Å². The quantitative estimate of drug-likeness (QED) is 0.567. The Balaban J connectivity index is 1.76. The molecule has 5 nitrogen and oxygen atoms in total. The van der Waals surface area contributed by atoms with Crippen molar-refractivity contribution in [1.29, 1.82) is 0 Å². The van der Waals surface area contributed by atoms with Gasteiger partial charge in [-0.1, -0.05) is 60.7 Å². The van der Waals surface area contributed by atoms with Crippen molar-refractivity contribution in [3.05, 3.63) is 89.5 Å². The maximum Gasteiger partial charge on any atom is 0.221 e. The predicted octanol–water partition coefficient (Wildman–Crippen LogP) is 4.55. The first-order valence-electron chi connectivity index (χ1n) is 9.82. The van der Waals surface area contributed by atoms with Gasteiger partial charge in [0.25, 0.3) is 0 Å². The summed E-state index contributed by atoms with van der Waals surface area (Å²) >= 11 is 0. The van der Waals surface area contributed by atoms with Crippen LogP contribution < -0.4 is 19.5 Å². The second kappa shape index (κ2) is 10.3. The monoisotopic (exact) mass is 405 g/mol. The van der Waals surface area contributed by atoms with Gasteiger partial charge in [-0.05, 0) is 23.3 Å². The molecule has 0 bridgehead atoms. The van der Waals surface area contributed by atoms with Crippen LogP contribution in [-0.4, -0.2) is 27.2 Å². The molecule has 0 saturated heterocycles. The first kappa shape index (κ1) is 21.2. The van der Waals surface area contributed by atoms with Crippen LogP contribution in [0.25, 0.3) is 0 Å². The van der Waals surface area contributed by atoms with E-state index in [9.17, 15) is 4.79 Å². The van der Waals surface area contributed by atoms with E-state index in [1.54, 1.807) is 27.4 Å². The Hall–Kier alpha value is -3.47. The maximum atomic E-state index is 12.8. The molecule has 0 fully saturated rings. The first-order valence-corrected chi connectivity index (χ1v) is 9.82. The van der Waals surface area contributed by atoms with E-state index in [1.165, 1.54) is 0 Å². The number of hydrogen-bond acceptors (Lipinski definition) is 4. The SMILES string of the molecule is COc1ccc(CNC(=O)CC(c2ccccc2)c2ccccc2)c(OC)c1OC. The van der Waals surface area contributed by atoms with E-state index in [0.717, 1.165) is 16.7 Å². The van der Waals surface area contributed by atoms with Crippen LogP contribution >= 0.6 is 0 Å². The number of hydrogen-bond donors (Lipinski definition) is 1. The lowest BCUT2D eigenvalue weighted by Gasteiger charge is -2.19. The zero-order chi connectivity index (χ0) is 21.3. The zero-order valence-electron chi connectivity index (χ0n) is 17.6. The van der Waals surface area contributed by atoms with Crippen molar-refractivity contribution in [1.82, 2.24) is 5.32 Å². The summed E-state index contributed by atoms with van der Waals surface area (Å²) in [5.41, 5.74) is 3.05. The molecule has 30 heavy (non-hydrogen) atoms. The van der Waals surface area contributed by atoms with Gasteiger partial charge < -0.3 is 19.5 Å². The smallest absolute Gasteiger partial charge is 0.221 e. The number of benzene rings is 3. The fourth-order valence-corrected chi connectivity index (χ4v) is 3.55. The van der Waals surface area contributed by atoms with E-state index in [4.69, 9.17) is 14.2 Å². The number of amides is 1. The standard InChI is InChI=1S/C25H27NO4/c1-28-22-15-14-20(24(29-2)25(22)30-3)17-26-23(27)16-21(18-10-6-4-7-11-18)19-12-8-5-9-13-19/h4-15,21H,16-17H2,1-3H3,(H,26,27). The van der Waals surface area contributed by atoms with Gasteiger partial charge in [0.2, 0.25) is 11.7 Å². The minimum atomic E-state index is -0.0375. The van der Waals surface area contributed by atoms with Crippen molar-refractivity contribution in [2.45, 2.75) is 18.9 Å². The highest BCUT2D eigenvalue weighted by Crippen LogP contribution is 2.39. The third kappa shape index (κ3) is 4.92. The molecule has 3 rings (SSSR count). The molecular weight excluding hydrogens is 378 g/mol. The van der Waals surface area contributed by atoms with Gasteiger partial charge in [-0.2, -0.15) is 0 Å². The molecule has 0 spiro atoms. The third-order valence-corrected chi connectivity index (χ3v) is 5.06. The highest BCUT2D eigenvalue weighted by Gasteiger charge is 2.20. The van der Waals surface area contributed by atoms with Crippen molar-refractivity contribution in [2.24, 2.45) is 0 Å². The number of carbonyl (C=O) groups is 1.